The molecule has 0 rings (SSSR count). The molecular formula is C10H24N2O2. The number of aliphatic hydroxyl groups excluding tert-OH is 2. The maximum absolute atomic E-state index is 9.46. The summed E-state index contributed by atoms with van der Waals surface area (Å²) in [6, 6.07) is 0. The molecule has 0 aliphatic carbocycles. The fraction of sp³-hybridized carbons (Fsp3) is 1.00. The van der Waals surface area contributed by atoms with Crippen molar-refractivity contribution in [2.75, 3.05) is 13.1 Å². The van der Waals surface area contributed by atoms with Gasteiger partial charge in [-0.2, -0.15) is 0 Å². The Labute approximate surface area is 86.3 Å². The Kier molecular flexibility index (Phi) is 9.29. The molecule has 0 saturated heterocycles. The van der Waals surface area contributed by atoms with Crippen molar-refractivity contribution in [1.82, 2.24) is 0 Å². The highest BCUT2D eigenvalue weighted by Gasteiger charge is 2.08. The van der Waals surface area contributed by atoms with E-state index in [0.29, 0.717) is 25.9 Å². The SMILES string of the molecule is NCCCC(O)CCC(O)CCCN. The molecule has 0 amide bonds. The van der Waals surface area contributed by atoms with Crippen LogP contribution in [-0.4, -0.2) is 35.5 Å². The van der Waals surface area contributed by atoms with E-state index < -0.39 is 0 Å². The zero-order valence-electron chi connectivity index (χ0n) is 8.86. The molecule has 4 heteroatoms. The van der Waals surface area contributed by atoms with Crippen molar-refractivity contribution in [1.29, 1.82) is 0 Å². The third kappa shape index (κ3) is 8.44. The first-order chi connectivity index (χ1) is 6.70. The molecule has 0 radical (unpaired) electrons. The topological polar surface area (TPSA) is 92.5 Å². The Morgan fingerprint density at radius 2 is 1.07 bits per heavy atom. The van der Waals surface area contributed by atoms with Gasteiger partial charge in [0.25, 0.3) is 0 Å². The minimum atomic E-state index is -0.314. The van der Waals surface area contributed by atoms with Crippen molar-refractivity contribution >= 4 is 0 Å². The molecule has 0 spiro atoms. The summed E-state index contributed by atoms with van der Waals surface area (Å²) >= 11 is 0. The van der Waals surface area contributed by atoms with Crippen LogP contribution in [-0.2, 0) is 0 Å². The van der Waals surface area contributed by atoms with E-state index in [2.05, 4.69) is 0 Å². The lowest BCUT2D eigenvalue weighted by Gasteiger charge is -2.13. The molecule has 2 unspecified atom stereocenters. The molecule has 0 fully saturated rings. The smallest absolute Gasteiger partial charge is 0.0541 e. The summed E-state index contributed by atoms with van der Waals surface area (Å²) < 4.78 is 0. The molecule has 0 saturated carbocycles. The van der Waals surface area contributed by atoms with Crippen molar-refractivity contribution in [3.63, 3.8) is 0 Å². The lowest BCUT2D eigenvalue weighted by Crippen LogP contribution is -2.15. The Bertz CT molecular complexity index is 109. The standard InChI is InChI=1S/C10H24N2O2/c11-7-1-3-9(13)5-6-10(14)4-2-8-12/h9-10,13-14H,1-8,11-12H2. The van der Waals surface area contributed by atoms with Crippen LogP contribution in [0, 0.1) is 0 Å². The van der Waals surface area contributed by atoms with Gasteiger partial charge in [0.2, 0.25) is 0 Å². The van der Waals surface area contributed by atoms with Crippen LogP contribution < -0.4 is 11.5 Å². The van der Waals surface area contributed by atoms with Gasteiger partial charge in [-0.25, -0.2) is 0 Å². The van der Waals surface area contributed by atoms with E-state index >= 15 is 0 Å². The van der Waals surface area contributed by atoms with Crippen molar-refractivity contribution < 1.29 is 10.2 Å². The third-order valence-corrected chi connectivity index (χ3v) is 2.32. The van der Waals surface area contributed by atoms with Gasteiger partial charge in [-0.3, -0.25) is 0 Å². The highest BCUT2D eigenvalue weighted by Crippen LogP contribution is 2.09. The Balaban J connectivity index is 3.31. The summed E-state index contributed by atoms with van der Waals surface area (Å²) in [5.74, 6) is 0. The largest absolute Gasteiger partial charge is 0.393 e. The quantitative estimate of drug-likeness (QED) is 0.424. The van der Waals surface area contributed by atoms with Crippen LogP contribution in [0.15, 0.2) is 0 Å². The molecule has 0 aliphatic rings. The monoisotopic (exact) mass is 204 g/mol. The fourth-order valence-corrected chi connectivity index (χ4v) is 1.38. The molecule has 0 aromatic heterocycles. The number of rotatable bonds is 9. The highest BCUT2D eigenvalue weighted by molar-refractivity contribution is 4.62. The van der Waals surface area contributed by atoms with Crippen LogP contribution in [0.2, 0.25) is 0 Å². The lowest BCUT2D eigenvalue weighted by molar-refractivity contribution is 0.103. The third-order valence-electron chi connectivity index (χ3n) is 2.32. The van der Waals surface area contributed by atoms with Crippen molar-refractivity contribution in [2.24, 2.45) is 11.5 Å². The van der Waals surface area contributed by atoms with Crippen molar-refractivity contribution in [3.05, 3.63) is 0 Å². The predicted molar refractivity (Wildman–Crippen MR) is 57.8 cm³/mol. The van der Waals surface area contributed by atoms with Crippen molar-refractivity contribution in [2.45, 2.75) is 50.7 Å². The van der Waals surface area contributed by atoms with E-state index in [4.69, 9.17) is 11.5 Å². The van der Waals surface area contributed by atoms with Gasteiger partial charge in [-0.15, -0.1) is 0 Å². The van der Waals surface area contributed by atoms with Gasteiger partial charge in [0, 0.05) is 0 Å². The normalized spacial score (nSPS) is 15.4. The van der Waals surface area contributed by atoms with E-state index in [-0.39, 0.29) is 12.2 Å². The first-order valence-electron chi connectivity index (χ1n) is 5.47. The molecule has 0 heterocycles. The number of aliphatic hydroxyl groups is 2. The van der Waals surface area contributed by atoms with Gasteiger partial charge < -0.3 is 21.7 Å². The Morgan fingerprint density at radius 1 is 0.714 bits per heavy atom. The van der Waals surface area contributed by atoms with Crippen LogP contribution in [0.25, 0.3) is 0 Å². The summed E-state index contributed by atoms with van der Waals surface area (Å²) in [6.07, 6.45) is 3.86. The van der Waals surface area contributed by atoms with E-state index in [0.717, 1.165) is 25.7 Å². The summed E-state index contributed by atoms with van der Waals surface area (Å²) in [5, 5.41) is 18.9. The van der Waals surface area contributed by atoms with Crippen LogP contribution in [0.5, 0.6) is 0 Å². The molecule has 0 aromatic rings. The second-order valence-electron chi connectivity index (χ2n) is 3.75. The molecule has 0 aliphatic heterocycles. The second kappa shape index (κ2) is 9.40. The number of nitrogens with two attached hydrogens (primary N) is 2. The Hall–Kier alpha value is -0.160. The molecule has 14 heavy (non-hydrogen) atoms. The average Bonchev–Trinajstić information content (AvgIpc) is 2.20. The maximum Gasteiger partial charge on any atom is 0.0541 e. The van der Waals surface area contributed by atoms with Gasteiger partial charge in [0.15, 0.2) is 0 Å². The minimum absolute atomic E-state index is 0.314. The van der Waals surface area contributed by atoms with Gasteiger partial charge in [0.05, 0.1) is 12.2 Å². The molecular weight excluding hydrogens is 180 g/mol. The van der Waals surface area contributed by atoms with Crippen LogP contribution in [0.3, 0.4) is 0 Å². The summed E-state index contributed by atoms with van der Waals surface area (Å²) in [5.41, 5.74) is 10.6. The van der Waals surface area contributed by atoms with Crippen LogP contribution >= 0.6 is 0 Å². The summed E-state index contributed by atoms with van der Waals surface area (Å²) in [7, 11) is 0. The average molecular weight is 204 g/mol. The van der Waals surface area contributed by atoms with Gasteiger partial charge in [0.1, 0.15) is 0 Å². The van der Waals surface area contributed by atoms with E-state index in [9.17, 15) is 10.2 Å². The van der Waals surface area contributed by atoms with Gasteiger partial charge in [-0.1, -0.05) is 0 Å². The minimum Gasteiger partial charge on any atom is -0.393 e. The molecule has 6 N–H and O–H groups in total. The first kappa shape index (κ1) is 13.8. The zero-order valence-corrected chi connectivity index (χ0v) is 8.86. The molecule has 86 valence electrons. The van der Waals surface area contributed by atoms with E-state index in [1.54, 1.807) is 0 Å². The van der Waals surface area contributed by atoms with Crippen molar-refractivity contribution in [3.8, 4) is 0 Å². The fourth-order valence-electron chi connectivity index (χ4n) is 1.38. The zero-order chi connectivity index (χ0) is 10.8. The van der Waals surface area contributed by atoms with Crippen LogP contribution in [0.4, 0.5) is 0 Å². The number of hydrogen-bond donors (Lipinski definition) is 4. The lowest BCUT2D eigenvalue weighted by atomic mass is 10.0. The molecule has 2 atom stereocenters. The molecule has 4 nitrogen and oxygen atoms in total. The second-order valence-corrected chi connectivity index (χ2v) is 3.75. The summed E-state index contributed by atoms with van der Waals surface area (Å²) in [4.78, 5) is 0. The molecule has 0 bridgehead atoms. The predicted octanol–water partition coefficient (Wildman–Crippen LogP) is -0.0338. The van der Waals surface area contributed by atoms with E-state index in [1.165, 1.54) is 0 Å². The van der Waals surface area contributed by atoms with Gasteiger partial charge >= 0.3 is 0 Å². The van der Waals surface area contributed by atoms with Gasteiger partial charge in [-0.05, 0) is 51.6 Å². The van der Waals surface area contributed by atoms with Crippen LogP contribution in [0.1, 0.15) is 38.5 Å². The maximum atomic E-state index is 9.46. The molecule has 0 aromatic carbocycles. The highest BCUT2D eigenvalue weighted by atomic mass is 16.3. The number of hydrogen-bond acceptors (Lipinski definition) is 4. The van der Waals surface area contributed by atoms with E-state index in [1.807, 2.05) is 0 Å². The Morgan fingerprint density at radius 3 is 1.36 bits per heavy atom. The first-order valence-corrected chi connectivity index (χ1v) is 5.47. The summed E-state index contributed by atoms with van der Waals surface area (Å²) in [6.45, 7) is 1.24.